The second-order valence-electron chi connectivity index (χ2n) is 9.77. The van der Waals surface area contributed by atoms with Crippen molar-refractivity contribution in [2.45, 2.75) is 18.8 Å². The van der Waals surface area contributed by atoms with Gasteiger partial charge in [0.25, 0.3) is 0 Å². The first-order valence-electron chi connectivity index (χ1n) is 13.5. The highest BCUT2D eigenvalue weighted by Crippen LogP contribution is 2.38. The van der Waals surface area contributed by atoms with Crippen molar-refractivity contribution in [3.63, 3.8) is 0 Å². The molecule has 0 atom stereocenters. The Hall–Kier alpha value is -5.33. The van der Waals surface area contributed by atoms with Crippen LogP contribution in [0.1, 0.15) is 17.0 Å². The predicted molar refractivity (Wildman–Crippen MR) is 161 cm³/mol. The van der Waals surface area contributed by atoms with Crippen LogP contribution in [-0.2, 0) is 11.3 Å². The van der Waals surface area contributed by atoms with Crippen molar-refractivity contribution in [3.05, 3.63) is 102 Å². The number of amidine groups is 1. The summed E-state index contributed by atoms with van der Waals surface area (Å²) in [7, 11) is 1.55. The molecule has 1 saturated heterocycles. The fourth-order valence-electron chi connectivity index (χ4n) is 4.58. The molecule has 14 heteroatoms. The molecular formula is C31H23F3N6O4S. The smallest absolute Gasteiger partial charge is 0.497 e. The minimum absolute atomic E-state index is 0.000370. The number of benzene rings is 3. The number of allylic oxidation sites excluding steroid dienone is 1. The summed E-state index contributed by atoms with van der Waals surface area (Å²) in [6, 6.07) is 17.3. The van der Waals surface area contributed by atoms with Crippen molar-refractivity contribution in [2.75, 3.05) is 17.8 Å². The molecule has 0 saturated carbocycles. The van der Waals surface area contributed by atoms with E-state index in [2.05, 4.69) is 30.9 Å². The first-order chi connectivity index (χ1) is 21.7. The zero-order chi connectivity index (χ0) is 31.6. The summed E-state index contributed by atoms with van der Waals surface area (Å²) in [6.45, 7) is 0.185. The van der Waals surface area contributed by atoms with Crippen LogP contribution >= 0.6 is 11.8 Å². The molecule has 0 unspecified atom stereocenters. The van der Waals surface area contributed by atoms with Crippen LogP contribution in [0.5, 0.6) is 11.5 Å². The quantitative estimate of drug-likeness (QED) is 0.238. The van der Waals surface area contributed by atoms with Crippen LogP contribution in [0.15, 0.2) is 95.9 Å². The number of hydrogen-bond donors (Lipinski definition) is 1. The van der Waals surface area contributed by atoms with Gasteiger partial charge in [-0.3, -0.25) is 9.69 Å². The number of rotatable bonds is 8. The maximum absolute atomic E-state index is 12.9. The summed E-state index contributed by atoms with van der Waals surface area (Å²) in [5.74, 6) is 0.613. The summed E-state index contributed by atoms with van der Waals surface area (Å²) in [4.78, 5) is 35.6. The van der Waals surface area contributed by atoms with Crippen LogP contribution in [0.4, 0.5) is 23.7 Å². The summed E-state index contributed by atoms with van der Waals surface area (Å²) < 4.78 is 47.9. The lowest BCUT2D eigenvalue weighted by molar-refractivity contribution is -0.274. The van der Waals surface area contributed by atoms with Gasteiger partial charge in [0.15, 0.2) is 11.0 Å². The molecule has 2 heterocycles. The monoisotopic (exact) mass is 632 g/mol. The van der Waals surface area contributed by atoms with Gasteiger partial charge in [0.2, 0.25) is 5.91 Å². The largest absolute Gasteiger partial charge is 0.573 e. The zero-order valence-corrected chi connectivity index (χ0v) is 24.3. The third-order valence-electron chi connectivity index (χ3n) is 6.83. The molecule has 45 heavy (non-hydrogen) atoms. The van der Waals surface area contributed by atoms with E-state index in [1.54, 1.807) is 37.4 Å². The van der Waals surface area contributed by atoms with E-state index in [1.165, 1.54) is 51.9 Å². The molecular weight excluding hydrogens is 609 g/mol. The third-order valence-corrected chi connectivity index (χ3v) is 7.76. The molecule has 0 bridgehead atoms. The maximum atomic E-state index is 12.9. The first-order valence-corrected chi connectivity index (χ1v) is 14.5. The lowest BCUT2D eigenvalue weighted by atomic mass is 9.92. The van der Waals surface area contributed by atoms with E-state index < -0.39 is 12.4 Å². The average Bonchev–Trinajstić information content (AvgIpc) is 3.62. The number of anilines is 1. The Kier molecular flexibility index (Phi) is 8.16. The summed E-state index contributed by atoms with van der Waals surface area (Å²) in [5, 5.41) is 7.43. The van der Waals surface area contributed by atoms with E-state index in [0.29, 0.717) is 28.5 Å². The van der Waals surface area contributed by atoms with Gasteiger partial charge in [-0.05, 0) is 53.6 Å². The number of halogens is 3. The van der Waals surface area contributed by atoms with Gasteiger partial charge in [-0.2, -0.15) is 4.99 Å². The van der Waals surface area contributed by atoms with Gasteiger partial charge in [0.1, 0.15) is 17.8 Å². The number of aliphatic imine (C=N–C) groups is 1. The number of nitrogens with zero attached hydrogens (tertiary/aromatic N) is 5. The van der Waals surface area contributed by atoms with E-state index in [9.17, 15) is 22.8 Å². The number of alkyl halides is 3. The average molecular weight is 633 g/mol. The Bertz CT molecular complexity index is 1840. The van der Waals surface area contributed by atoms with Crippen molar-refractivity contribution in [1.29, 1.82) is 0 Å². The predicted octanol–water partition coefficient (Wildman–Crippen LogP) is 6.00. The molecule has 0 spiro atoms. The molecule has 228 valence electrons. The molecule has 0 radical (unpaired) electrons. The molecule has 1 aliphatic carbocycles. The van der Waals surface area contributed by atoms with Gasteiger partial charge in [0, 0.05) is 24.1 Å². The number of thioether (sulfide) groups is 1. The number of methoxy groups -OCH3 is 1. The minimum Gasteiger partial charge on any atom is -0.497 e. The Morgan fingerprint density at radius 1 is 1.09 bits per heavy atom. The van der Waals surface area contributed by atoms with E-state index in [1.807, 2.05) is 24.3 Å². The van der Waals surface area contributed by atoms with Crippen molar-refractivity contribution in [2.24, 2.45) is 4.99 Å². The number of amides is 3. The maximum Gasteiger partial charge on any atom is 0.573 e. The number of ether oxygens (including phenoxy) is 2. The highest BCUT2D eigenvalue weighted by atomic mass is 32.2. The molecule has 3 aromatic carbocycles. The molecule has 6 rings (SSSR count). The Labute approximate surface area is 258 Å². The Morgan fingerprint density at radius 2 is 1.82 bits per heavy atom. The van der Waals surface area contributed by atoms with Crippen LogP contribution in [0.2, 0.25) is 0 Å². The summed E-state index contributed by atoms with van der Waals surface area (Å²) in [5.41, 5.74) is 6.47. The van der Waals surface area contributed by atoms with Crippen molar-refractivity contribution >= 4 is 34.6 Å². The van der Waals surface area contributed by atoms with Gasteiger partial charge in [-0.1, -0.05) is 42.1 Å². The Balaban J connectivity index is 1.10. The molecule has 1 fully saturated rings. The molecule has 4 aromatic rings. The van der Waals surface area contributed by atoms with E-state index in [-0.39, 0.29) is 35.0 Å². The molecule has 2 aliphatic rings. The van der Waals surface area contributed by atoms with Crippen LogP contribution in [0.25, 0.3) is 17.1 Å². The second-order valence-corrected chi connectivity index (χ2v) is 10.7. The number of aromatic nitrogens is 3. The molecule has 1 aliphatic heterocycles. The molecule has 1 aromatic heterocycles. The van der Waals surface area contributed by atoms with Crippen molar-refractivity contribution in [3.8, 4) is 28.6 Å². The van der Waals surface area contributed by atoms with Gasteiger partial charge in [-0.25, -0.2) is 14.5 Å². The van der Waals surface area contributed by atoms with E-state index in [4.69, 9.17) is 4.74 Å². The number of carbonyl (C=O) groups is 2. The number of hydrogen-bond acceptors (Lipinski definition) is 7. The number of carbonyl (C=O) groups excluding carboxylic acids is 2. The fraction of sp³-hybridized carbons (Fsp3) is 0.161. The fourth-order valence-corrected chi connectivity index (χ4v) is 5.43. The Morgan fingerprint density at radius 3 is 2.49 bits per heavy atom. The van der Waals surface area contributed by atoms with Gasteiger partial charge in [-0.15, -0.1) is 24.0 Å². The second kappa shape index (κ2) is 12.3. The highest BCUT2D eigenvalue weighted by molar-refractivity contribution is 8.15. The molecule has 1 N–H and O–H groups in total. The molecule has 10 nitrogen and oxygen atoms in total. The van der Waals surface area contributed by atoms with Crippen molar-refractivity contribution in [1.82, 2.24) is 20.1 Å². The van der Waals surface area contributed by atoms with Crippen LogP contribution in [-0.4, -0.2) is 51.1 Å². The normalized spacial score (nSPS) is 15.4. The summed E-state index contributed by atoms with van der Waals surface area (Å²) in [6.07, 6.45) is 0.475. The molecule has 3 amide bonds. The van der Waals surface area contributed by atoms with E-state index in [0.717, 1.165) is 11.1 Å². The standard InChI is InChI=1S/C31H23F3N6O4S/c1-43-24-13-14-25(20-3-2-4-20)26(15-24)40-27(41)17-45-30(40)37-29(42)35-16-19-5-7-21(8-6-19)28-36-18-39(38-28)22-9-11-23(12-10-22)44-31(32,33)34/h3-15,18,20H,16-17H2,1H3,(H,35,42)/b37-30-. The van der Waals surface area contributed by atoms with Crippen LogP contribution in [0.3, 0.4) is 0 Å². The topological polar surface area (TPSA) is 111 Å². The van der Waals surface area contributed by atoms with Gasteiger partial charge < -0.3 is 14.8 Å². The highest BCUT2D eigenvalue weighted by Gasteiger charge is 2.34. The van der Waals surface area contributed by atoms with Crippen LogP contribution < -0.4 is 19.7 Å². The van der Waals surface area contributed by atoms with Gasteiger partial charge in [0.05, 0.1) is 24.2 Å². The minimum atomic E-state index is -4.77. The van der Waals surface area contributed by atoms with Crippen LogP contribution in [0, 0.1) is 0 Å². The summed E-state index contributed by atoms with van der Waals surface area (Å²) >= 11 is 1.19. The van der Waals surface area contributed by atoms with Crippen molar-refractivity contribution < 1.29 is 32.2 Å². The SMILES string of the molecule is COc1ccc(C2C=C=C2)c(N2C(=O)CS/C2=N\C(=O)NCc2ccc(-c3ncn(-c4ccc(OC(F)(F)F)cc4)n3)cc2)c1. The zero-order valence-electron chi connectivity index (χ0n) is 23.5. The first kappa shape index (κ1) is 29.7. The van der Waals surface area contributed by atoms with E-state index >= 15 is 0 Å². The third kappa shape index (κ3) is 6.77. The lowest BCUT2D eigenvalue weighted by Gasteiger charge is -2.23. The van der Waals surface area contributed by atoms with Gasteiger partial charge >= 0.3 is 12.4 Å². The lowest BCUT2D eigenvalue weighted by Crippen LogP contribution is -2.32. The number of nitrogens with one attached hydrogen (secondary N) is 1. The number of urea groups is 1.